The van der Waals surface area contributed by atoms with Gasteiger partial charge in [0, 0.05) is 11.6 Å². The van der Waals surface area contributed by atoms with Gasteiger partial charge in [0.2, 0.25) is 0 Å². The molecule has 2 aromatic carbocycles. The summed E-state index contributed by atoms with van der Waals surface area (Å²) in [6.07, 6.45) is 1.84. The average molecular weight is 300 g/mol. The summed E-state index contributed by atoms with van der Waals surface area (Å²) in [6.45, 7) is 4.47. The van der Waals surface area contributed by atoms with Crippen LogP contribution < -0.4 is 0 Å². The van der Waals surface area contributed by atoms with Crippen molar-refractivity contribution in [2.45, 2.75) is 19.8 Å². The molecule has 0 amide bonds. The molecule has 0 N–H and O–H groups in total. The molecule has 90 valence electrons. The molecular weight excluding hydrogens is 286 g/mol. The van der Waals surface area contributed by atoms with E-state index in [1.807, 2.05) is 6.20 Å². The number of rotatable bonds is 1. The predicted octanol–water partition coefficient (Wildman–Crippen LogP) is 5.27. The highest BCUT2D eigenvalue weighted by molar-refractivity contribution is 9.10. The zero-order valence-electron chi connectivity index (χ0n) is 10.4. The van der Waals surface area contributed by atoms with Gasteiger partial charge in [-0.2, -0.15) is 0 Å². The molecule has 0 aliphatic rings. The number of pyridine rings is 1. The van der Waals surface area contributed by atoms with Gasteiger partial charge in [-0.15, -0.1) is 0 Å². The summed E-state index contributed by atoms with van der Waals surface area (Å²) in [4.78, 5) is 4.35. The normalized spacial score (nSPS) is 11.6. The second-order valence-electron chi connectivity index (χ2n) is 4.86. The second kappa shape index (κ2) is 4.36. The van der Waals surface area contributed by atoms with Crippen molar-refractivity contribution in [2.24, 2.45) is 0 Å². The lowest BCUT2D eigenvalue weighted by Gasteiger charge is -2.12. The van der Waals surface area contributed by atoms with E-state index in [0.717, 1.165) is 4.60 Å². The summed E-state index contributed by atoms with van der Waals surface area (Å²) < 4.78 is 0.923. The summed E-state index contributed by atoms with van der Waals surface area (Å²) in [6, 6.07) is 13.0. The molecule has 0 saturated carbocycles. The minimum atomic E-state index is 0.529. The molecule has 0 spiro atoms. The van der Waals surface area contributed by atoms with Gasteiger partial charge in [-0.1, -0.05) is 44.2 Å². The van der Waals surface area contributed by atoms with Crippen molar-refractivity contribution in [3.8, 4) is 0 Å². The third-order valence-electron chi connectivity index (χ3n) is 3.40. The van der Waals surface area contributed by atoms with Crippen LogP contribution in [0.15, 0.2) is 47.2 Å². The van der Waals surface area contributed by atoms with Crippen molar-refractivity contribution in [1.82, 2.24) is 4.98 Å². The molecule has 1 aromatic heterocycles. The monoisotopic (exact) mass is 299 g/mol. The predicted molar refractivity (Wildman–Crippen MR) is 81.0 cm³/mol. The standard InChI is InChI=1S/C16H14BrN/c1-10(2)12-4-3-5-14-13(12)7-6-11-8-9-18-16(17)15(11)14/h3-10H,1-2H3. The fourth-order valence-electron chi connectivity index (χ4n) is 2.52. The number of hydrogen-bond donors (Lipinski definition) is 0. The van der Waals surface area contributed by atoms with E-state index in [2.05, 4.69) is 71.2 Å². The number of hydrogen-bond acceptors (Lipinski definition) is 1. The van der Waals surface area contributed by atoms with Gasteiger partial charge in [0.1, 0.15) is 4.60 Å². The Bertz CT molecular complexity index is 732. The van der Waals surface area contributed by atoms with Crippen LogP contribution >= 0.6 is 15.9 Å². The molecule has 0 fully saturated rings. The van der Waals surface area contributed by atoms with Crippen molar-refractivity contribution in [2.75, 3.05) is 0 Å². The lowest BCUT2D eigenvalue weighted by molar-refractivity contribution is 0.876. The first kappa shape index (κ1) is 11.7. The van der Waals surface area contributed by atoms with E-state index in [1.165, 1.54) is 27.1 Å². The number of nitrogens with zero attached hydrogens (tertiary/aromatic N) is 1. The van der Waals surface area contributed by atoms with E-state index >= 15 is 0 Å². The minimum absolute atomic E-state index is 0.529. The van der Waals surface area contributed by atoms with Crippen LogP contribution in [0, 0.1) is 0 Å². The number of halogens is 1. The van der Waals surface area contributed by atoms with Crippen LogP contribution in [-0.4, -0.2) is 4.98 Å². The third kappa shape index (κ3) is 1.72. The van der Waals surface area contributed by atoms with Crippen molar-refractivity contribution < 1.29 is 0 Å². The molecule has 18 heavy (non-hydrogen) atoms. The first-order valence-electron chi connectivity index (χ1n) is 6.14. The first-order chi connectivity index (χ1) is 8.68. The topological polar surface area (TPSA) is 12.9 Å². The van der Waals surface area contributed by atoms with Crippen LogP contribution in [0.25, 0.3) is 21.5 Å². The molecule has 3 rings (SSSR count). The minimum Gasteiger partial charge on any atom is -0.249 e. The average Bonchev–Trinajstić information content (AvgIpc) is 2.37. The number of benzene rings is 2. The molecule has 1 nitrogen and oxygen atoms in total. The lowest BCUT2D eigenvalue weighted by Crippen LogP contribution is -1.90. The van der Waals surface area contributed by atoms with Crippen molar-refractivity contribution in [3.05, 3.63) is 52.8 Å². The zero-order valence-corrected chi connectivity index (χ0v) is 12.0. The summed E-state index contributed by atoms with van der Waals surface area (Å²) in [5.41, 5.74) is 1.39. The van der Waals surface area contributed by atoms with Gasteiger partial charge in [-0.25, -0.2) is 4.98 Å². The van der Waals surface area contributed by atoms with E-state index < -0.39 is 0 Å². The summed E-state index contributed by atoms with van der Waals surface area (Å²) in [7, 11) is 0. The lowest BCUT2D eigenvalue weighted by atomic mass is 9.94. The molecule has 2 heteroatoms. The Morgan fingerprint density at radius 1 is 1.00 bits per heavy atom. The van der Waals surface area contributed by atoms with E-state index in [1.54, 1.807) is 0 Å². The second-order valence-corrected chi connectivity index (χ2v) is 5.61. The van der Waals surface area contributed by atoms with Gasteiger partial charge >= 0.3 is 0 Å². The molecule has 0 aliphatic carbocycles. The van der Waals surface area contributed by atoms with Crippen LogP contribution in [-0.2, 0) is 0 Å². The van der Waals surface area contributed by atoms with E-state index in [4.69, 9.17) is 0 Å². The highest BCUT2D eigenvalue weighted by atomic mass is 79.9. The maximum Gasteiger partial charge on any atom is 0.114 e. The molecule has 3 aromatic rings. The van der Waals surface area contributed by atoms with Crippen molar-refractivity contribution in [3.63, 3.8) is 0 Å². The first-order valence-corrected chi connectivity index (χ1v) is 6.93. The molecular formula is C16H14BrN. The van der Waals surface area contributed by atoms with Gasteiger partial charge in [0.25, 0.3) is 0 Å². The highest BCUT2D eigenvalue weighted by Gasteiger charge is 2.09. The Hall–Kier alpha value is -1.41. The van der Waals surface area contributed by atoms with Gasteiger partial charge in [0.05, 0.1) is 0 Å². The van der Waals surface area contributed by atoms with Gasteiger partial charge in [0.15, 0.2) is 0 Å². The van der Waals surface area contributed by atoms with E-state index in [9.17, 15) is 0 Å². The van der Waals surface area contributed by atoms with Crippen LogP contribution in [0.4, 0.5) is 0 Å². The van der Waals surface area contributed by atoms with Crippen LogP contribution in [0.5, 0.6) is 0 Å². The van der Waals surface area contributed by atoms with Gasteiger partial charge < -0.3 is 0 Å². The fraction of sp³-hybridized carbons (Fsp3) is 0.188. The Morgan fingerprint density at radius 3 is 2.61 bits per heavy atom. The summed E-state index contributed by atoms with van der Waals surface area (Å²) in [5, 5.41) is 5.04. The zero-order chi connectivity index (χ0) is 12.7. The van der Waals surface area contributed by atoms with Crippen molar-refractivity contribution in [1.29, 1.82) is 0 Å². The fourth-order valence-corrected chi connectivity index (χ4v) is 3.08. The van der Waals surface area contributed by atoms with Gasteiger partial charge in [-0.3, -0.25) is 0 Å². The van der Waals surface area contributed by atoms with Crippen molar-refractivity contribution >= 4 is 37.5 Å². The Morgan fingerprint density at radius 2 is 1.83 bits per heavy atom. The molecule has 0 unspecified atom stereocenters. The molecule has 0 saturated heterocycles. The van der Waals surface area contributed by atoms with E-state index in [-0.39, 0.29) is 0 Å². The molecule has 0 radical (unpaired) electrons. The molecule has 1 heterocycles. The quantitative estimate of drug-likeness (QED) is 0.440. The number of fused-ring (bicyclic) bond motifs is 3. The van der Waals surface area contributed by atoms with Crippen LogP contribution in [0.1, 0.15) is 25.3 Å². The van der Waals surface area contributed by atoms with Crippen LogP contribution in [0.3, 0.4) is 0 Å². The maximum atomic E-state index is 4.35. The SMILES string of the molecule is CC(C)c1cccc2c1ccc1ccnc(Br)c12. The summed E-state index contributed by atoms with van der Waals surface area (Å²) >= 11 is 3.57. The molecule has 0 aliphatic heterocycles. The van der Waals surface area contributed by atoms with E-state index in [0.29, 0.717) is 5.92 Å². The Kier molecular flexibility index (Phi) is 2.83. The molecule has 0 atom stereocenters. The Labute approximate surface area is 115 Å². The third-order valence-corrected chi connectivity index (χ3v) is 4.00. The Balaban J connectivity index is 2.52. The maximum absolute atomic E-state index is 4.35. The molecule has 0 bridgehead atoms. The highest BCUT2D eigenvalue weighted by Crippen LogP contribution is 2.33. The van der Waals surface area contributed by atoms with Gasteiger partial charge in [-0.05, 0) is 49.6 Å². The van der Waals surface area contributed by atoms with Crippen LogP contribution in [0.2, 0.25) is 0 Å². The summed E-state index contributed by atoms with van der Waals surface area (Å²) in [5.74, 6) is 0.529. The smallest absolute Gasteiger partial charge is 0.114 e. The number of aromatic nitrogens is 1. The largest absolute Gasteiger partial charge is 0.249 e.